The van der Waals surface area contributed by atoms with Crippen LogP contribution in [0.1, 0.15) is 18.4 Å². The topological polar surface area (TPSA) is 61.4 Å². The van der Waals surface area contributed by atoms with Gasteiger partial charge in [-0.1, -0.05) is 30.3 Å². The number of carboxylic acid groups (broad SMARTS) is 1. The van der Waals surface area contributed by atoms with Crippen molar-refractivity contribution < 1.29 is 9.90 Å². The van der Waals surface area contributed by atoms with Crippen molar-refractivity contribution in [3.63, 3.8) is 0 Å². The van der Waals surface area contributed by atoms with Gasteiger partial charge in [-0.15, -0.1) is 0 Å². The second-order valence-electron chi connectivity index (χ2n) is 4.14. The van der Waals surface area contributed by atoms with Gasteiger partial charge in [0.25, 0.3) is 0 Å². The van der Waals surface area contributed by atoms with Crippen molar-refractivity contribution in [2.75, 3.05) is 0 Å². The van der Waals surface area contributed by atoms with Crippen LogP contribution in [-0.4, -0.2) is 23.2 Å². The molecule has 16 heavy (non-hydrogen) atoms. The van der Waals surface area contributed by atoms with E-state index in [1.54, 1.807) is 0 Å². The second kappa shape index (κ2) is 5.09. The first-order valence-electron chi connectivity index (χ1n) is 5.53. The fraction of sp³-hybridized carbons (Fsp3) is 0.417. The summed E-state index contributed by atoms with van der Waals surface area (Å²) in [5, 5.41) is 9.07. The Morgan fingerprint density at radius 1 is 1.38 bits per heavy atom. The first-order chi connectivity index (χ1) is 7.75. The number of hydrazine groups is 1. The van der Waals surface area contributed by atoms with Crippen LogP contribution in [0.25, 0.3) is 0 Å². The van der Waals surface area contributed by atoms with Crippen LogP contribution < -0.4 is 10.9 Å². The molecule has 4 heteroatoms. The van der Waals surface area contributed by atoms with E-state index in [2.05, 4.69) is 10.9 Å². The molecule has 0 amide bonds. The lowest BCUT2D eigenvalue weighted by atomic mass is 10.1. The number of nitrogens with one attached hydrogen (secondary N) is 2. The zero-order chi connectivity index (χ0) is 11.4. The van der Waals surface area contributed by atoms with E-state index >= 15 is 0 Å². The Hall–Kier alpha value is -1.39. The molecule has 1 saturated carbocycles. The highest BCUT2D eigenvalue weighted by Crippen LogP contribution is 2.17. The maximum atomic E-state index is 11.0. The Morgan fingerprint density at radius 3 is 2.62 bits per heavy atom. The van der Waals surface area contributed by atoms with Crippen LogP contribution in [0.3, 0.4) is 0 Å². The van der Waals surface area contributed by atoms with E-state index in [-0.39, 0.29) is 0 Å². The predicted molar refractivity (Wildman–Crippen MR) is 60.9 cm³/mol. The van der Waals surface area contributed by atoms with Crippen molar-refractivity contribution in [1.82, 2.24) is 10.9 Å². The molecule has 0 radical (unpaired) electrons. The lowest BCUT2D eigenvalue weighted by Crippen LogP contribution is -2.47. The monoisotopic (exact) mass is 220 g/mol. The van der Waals surface area contributed by atoms with Crippen LogP contribution in [0.5, 0.6) is 0 Å². The Kier molecular flexibility index (Phi) is 3.54. The Labute approximate surface area is 94.6 Å². The molecule has 2 rings (SSSR count). The van der Waals surface area contributed by atoms with Crippen LogP contribution in [-0.2, 0) is 11.2 Å². The minimum Gasteiger partial charge on any atom is -0.480 e. The van der Waals surface area contributed by atoms with Crippen molar-refractivity contribution in [3.8, 4) is 0 Å². The highest BCUT2D eigenvalue weighted by atomic mass is 16.4. The Balaban J connectivity index is 1.88. The molecule has 0 heterocycles. The van der Waals surface area contributed by atoms with Gasteiger partial charge in [0.15, 0.2) is 0 Å². The van der Waals surface area contributed by atoms with Gasteiger partial charge < -0.3 is 5.11 Å². The number of carbonyl (C=O) groups is 1. The van der Waals surface area contributed by atoms with Crippen molar-refractivity contribution in [1.29, 1.82) is 0 Å². The molecule has 0 spiro atoms. The van der Waals surface area contributed by atoms with Gasteiger partial charge in [-0.05, 0) is 24.8 Å². The number of hydrogen-bond acceptors (Lipinski definition) is 3. The average molecular weight is 220 g/mol. The van der Waals surface area contributed by atoms with E-state index in [0.29, 0.717) is 12.5 Å². The van der Waals surface area contributed by atoms with Gasteiger partial charge in [-0.25, -0.2) is 5.43 Å². The van der Waals surface area contributed by atoms with E-state index < -0.39 is 12.0 Å². The SMILES string of the molecule is O=C(O)[C@H](Cc1ccccc1)NNC1CC1. The number of rotatable bonds is 6. The minimum atomic E-state index is -0.822. The molecule has 3 N–H and O–H groups in total. The summed E-state index contributed by atoms with van der Waals surface area (Å²) in [4.78, 5) is 11.0. The van der Waals surface area contributed by atoms with Crippen molar-refractivity contribution in [2.24, 2.45) is 0 Å². The Bertz CT molecular complexity index is 349. The van der Waals surface area contributed by atoms with Gasteiger partial charge in [-0.2, -0.15) is 0 Å². The van der Waals surface area contributed by atoms with Crippen LogP contribution in [0.2, 0.25) is 0 Å². The normalized spacial score (nSPS) is 17.0. The molecule has 1 atom stereocenters. The summed E-state index contributed by atoms with van der Waals surface area (Å²) in [7, 11) is 0. The van der Waals surface area contributed by atoms with E-state index in [9.17, 15) is 4.79 Å². The number of aliphatic carboxylic acids is 1. The molecule has 4 nitrogen and oxygen atoms in total. The summed E-state index contributed by atoms with van der Waals surface area (Å²) in [5.41, 5.74) is 6.94. The highest BCUT2D eigenvalue weighted by molar-refractivity contribution is 5.73. The maximum Gasteiger partial charge on any atom is 0.322 e. The third-order valence-electron chi connectivity index (χ3n) is 2.62. The number of carboxylic acids is 1. The molecule has 1 aromatic rings. The quantitative estimate of drug-likeness (QED) is 0.624. The van der Waals surface area contributed by atoms with Gasteiger partial charge >= 0.3 is 5.97 Å². The van der Waals surface area contributed by atoms with Crippen molar-refractivity contribution in [3.05, 3.63) is 35.9 Å². The molecular formula is C12H16N2O2. The first kappa shape index (κ1) is 11.1. The lowest BCUT2D eigenvalue weighted by Gasteiger charge is -2.15. The molecule has 1 fully saturated rings. The molecule has 86 valence electrons. The fourth-order valence-corrected chi connectivity index (χ4v) is 1.50. The van der Waals surface area contributed by atoms with Crippen molar-refractivity contribution >= 4 is 5.97 Å². The highest BCUT2D eigenvalue weighted by Gasteiger charge is 2.24. The maximum absolute atomic E-state index is 11.0. The molecule has 0 aromatic heterocycles. The minimum absolute atomic E-state index is 0.456. The second-order valence-corrected chi connectivity index (χ2v) is 4.14. The largest absolute Gasteiger partial charge is 0.480 e. The number of benzene rings is 1. The molecule has 0 aliphatic heterocycles. The zero-order valence-electron chi connectivity index (χ0n) is 9.02. The summed E-state index contributed by atoms with van der Waals surface area (Å²) >= 11 is 0. The van der Waals surface area contributed by atoms with Gasteiger partial charge in [0.05, 0.1) is 0 Å². The first-order valence-corrected chi connectivity index (χ1v) is 5.53. The Morgan fingerprint density at radius 2 is 2.06 bits per heavy atom. The van der Waals surface area contributed by atoms with Crippen molar-refractivity contribution in [2.45, 2.75) is 31.3 Å². The number of hydrogen-bond donors (Lipinski definition) is 3. The molecule has 0 saturated heterocycles. The molecule has 1 aromatic carbocycles. The summed E-state index contributed by atoms with van der Waals surface area (Å²) in [6.45, 7) is 0. The van der Waals surface area contributed by atoms with Crippen LogP contribution in [0, 0.1) is 0 Å². The summed E-state index contributed by atoms with van der Waals surface area (Å²) in [6.07, 6.45) is 2.76. The third kappa shape index (κ3) is 3.32. The summed E-state index contributed by atoms with van der Waals surface area (Å²) < 4.78 is 0. The zero-order valence-corrected chi connectivity index (χ0v) is 9.02. The van der Waals surface area contributed by atoms with Gasteiger partial charge in [0, 0.05) is 6.04 Å². The van der Waals surface area contributed by atoms with E-state index in [1.807, 2.05) is 30.3 Å². The molecule has 1 aliphatic rings. The van der Waals surface area contributed by atoms with Gasteiger partial charge in [0.2, 0.25) is 0 Å². The van der Waals surface area contributed by atoms with Crippen LogP contribution in [0.4, 0.5) is 0 Å². The molecule has 0 bridgehead atoms. The van der Waals surface area contributed by atoms with Gasteiger partial charge in [-0.3, -0.25) is 10.2 Å². The summed E-state index contributed by atoms with van der Waals surface area (Å²) in [6, 6.07) is 9.53. The van der Waals surface area contributed by atoms with E-state index in [4.69, 9.17) is 5.11 Å². The van der Waals surface area contributed by atoms with Gasteiger partial charge in [0.1, 0.15) is 6.04 Å². The summed E-state index contributed by atoms with van der Waals surface area (Å²) in [5.74, 6) is -0.822. The average Bonchev–Trinajstić information content (AvgIpc) is 3.09. The van der Waals surface area contributed by atoms with Crippen LogP contribution in [0.15, 0.2) is 30.3 Å². The standard InChI is InChI=1S/C12H16N2O2/c15-12(16)11(14-13-10-6-7-10)8-9-4-2-1-3-5-9/h1-5,10-11,13-14H,6-8H2,(H,15,16)/t11-/m0/s1. The van der Waals surface area contributed by atoms with E-state index in [0.717, 1.165) is 18.4 Å². The molecular weight excluding hydrogens is 204 g/mol. The molecule has 1 aliphatic carbocycles. The molecule has 0 unspecified atom stereocenters. The van der Waals surface area contributed by atoms with E-state index in [1.165, 1.54) is 0 Å². The predicted octanol–water partition coefficient (Wildman–Crippen LogP) is 0.939. The third-order valence-corrected chi connectivity index (χ3v) is 2.62. The smallest absolute Gasteiger partial charge is 0.322 e. The lowest BCUT2D eigenvalue weighted by molar-refractivity contribution is -0.139. The fourth-order valence-electron chi connectivity index (χ4n) is 1.50. The van der Waals surface area contributed by atoms with Crippen LogP contribution >= 0.6 is 0 Å².